The number of nitrogens with zero attached hydrogens (tertiary/aromatic N) is 1. The molecule has 2 heterocycles. The number of anilines is 2. The Hall–Kier alpha value is -4.07. The number of piperidine rings is 1. The number of carbonyl (C=O) groups is 3. The first-order chi connectivity index (χ1) is 27.0. The molecule has 13 heteroatoms. The van der Waals surface area contributed by atoms with Gasteiger partial charge in [-0.1, -0.05) is 88.6 Å². The molecule has 56 heavy (non-hydrogen) atoms. The molecular formula is C43H58N4O7S2. The highest BCUT2D eigenvalue weighted by atomic mass is 32.2. The van der Waals surface area contributed by atoms with E-state index in [0.29, 0.717) is 48.7 Å². The molecule has 5 rings (SSSR count). The van der Waals surface area contributed by atoms with Gasteiger partial charge in [0.2, 0.25) is 5.91 Å². The van der Waals surface area contributed by atoms with Gasteiger partial charge in [-0.15, -0.1) is 11.8 Å². The third-order valence-electron chi connectivity index (χ3n) is 11.0. The minimum absolute atomic E-state index is 0.0113. The average Bonchev–Trinajstić information content (AvgIpc) is 3.32. The van der Waals surface area contributed by atoms with Gasteiger partial charge >= 0.3 is 5.97 Å². The van der Waals surface area contributed by atoms with Crippen LogP contribution in [0.1, 0.15) is 77.3 Å². The van der Waals surface area contributed by atoms with Gasteiger partial charge in [-0.05, 0) is 68.2 Å². The molecule has 4 atom stereocenters. The van der Waals surface area contributed by atoms with Gasteiger partial charge in [0.05, 0.1) is 33.8 Å². The van der Waals surface area contributed by atoms with Crippen molar-refractivity contribution in [1.29, 1.82) is 0 Å². The van der Waals surface area contributed by atoms with Crippen LogP contribution < -0.4 is 25.6 Å². The number of fused-ring (bicyclic) bond motifs is 1. The zero-order valence-corrected chi connectivity index (χ0v) is 34.8. The summed E-state index contributed by atoms with van der Waals surface area (Å²) in [5.74, 6) is -1.44. The van der Waals surface area contributed by atoms with Crippen molar-refractivity contribution in [2.24, 2.45) is 17.3 Å². The Labute approximate surface area is 337 Å². The fourth-order valence-corrected chi connectivity index (χ4v) is 10.3. The predicted molar refractivity (Wildman–Crippen MR) is 222 cm³/mol. The minimum Gasteiger partial charge on any atom is -0.483 e. The second-order valence-electron chi connectivity index (χ2n) is 14.9. The van der Waals surface area contributed by atoms with Gasteiger partial charge < -0.3 is 30.3 Å². The highest BCUT2D eigenvalue weighted by molar-refractivity contribution is 7.98. The Morgan fingerprint density at radius 1 is 1.00 bits per heavy atom. The Morgan fingerprint density at radius 3 is 2.39 bits per heavy atom. The summed E-state index contributed by atoms with van der Waals surface area (Å²) in [4.78, 5) is 43.2. The maximum atomic E-state index is 14.3. The maximum absolute atomic E-state index is 14.3. The van der Waals surface area contributed by atoms with Crippen LogP contribution in [0.15, 0.2) is 82.6 Å². The molecule has 0 aromatic heterocycles. The maximum Gasteiger partial charge on any atom is 0.310 e. The van der Waals surface area contributed by atoms with E-state index >= 15 is 0 Å². The van der Waals surface area contributed by atoms with E-state index in [1.165, 1.54) is 11.8 Å². The second-order valence-corrected chi connectivity index (χ2v) is 17.7. The molecule has 0 spiro atoms. The largest absolute Gasteiger partial charge is 0.483 e. The van der Waals surface area contributed by atoms with Crippen LogP contribution in [0.25, 0.3) is 0 Å². The number of ether oxygens (including phenoxy) is 2. The fraction of sp³-hybridized carbons (Fsp3) is 0.512. The van der Waals surface area contributed by atoms with Crippen LogP contribution in [0.5, 0.6) is 5.75 Å². The molecule has 3 N–H and O–H groups in total. The standard InChI is InChI=1S/C43H58N4O7S2/c1-5-8-21-43(7-3)29-47(33-18-14-11-15-19-33)35-24-37(55-4)36(25-38(35)56(51,52)30-43)54-28-39(48)46-40(31-16-12-10-13-17-31)41(49)45-26-32-20-22-44-27-34(32)42(50)53-23-9-6-2/h10-19,24-25,32,34,40,44H,5-9,20-23,26-30H2,1-4H3,(H,45,49)(H,46,48)/t32?,34?,40-,43?/m1/s1. The number of hydrogen-bond donors (Lipinski definition) is 3. The zero-order valence-electron chi connectivity index (χ0n) is 33.2. The summed E-state index contributed by atoms with van der Waals surface area (Å²) in [6, 6.07) is 21.2. The summed E-state index contributed by atoms with van der Waals surface area (Å²) in [5, 5.41) is 9.08. The van der Waals surface area contributed by atoms with Crippen LogP contribution in [0, 0.1) is 17.3 Å². The first-order valence-electron chi connectivity index (χ1n) is 19.9. The molecular weight excluding hydrogens is 749 g/mol. The van der Waals surface area contributed by atoms with Crippen LogP contribution in [-0.2, 0) is 29.0 Å². The zero-order chi connectivity index (χ0) is 40.1. The highest BCUT2D eigenvalue weighted by Crippen LogP contribution is 2.47. The third-order valence-corrected chi connectivity index (χ3v) is 13.8. The topological polar surface area (TPSA) is 143 Å². The van der Waals surface area contributed by atoms with E-state index in [1.54, 1.807) is 30.3 Å². The van der Waals surface area contributed by atoms with E-state index in [2.05, 4.69) is 34.7 Å². The number of amides is 2. The Morgan fingerprint density at radius 2 is 1.71 bits per heavy atom. The van der Waals surface area contributed by atoms with Gasteiger partial charge in [-0.2, -0.15) is 0 Å². The molecule has 2 aliphatic rings. The average molecular weight is 807 g/mol. The van der Waals surface area contributed by atoms with Crippen molar-refractivity contribution in [1.82, 2.24) is 16.0 Å². The van der Waals surface area contributed by atoms with E-state index in [4.69, 9.17) is 9.47 Å². The van der Waals surface area contributed by atoms with Gasteiger partial charge in [0.1, 0.15) is 11.8 Å². The van der Waals surface area contributed by atoms with E-state index in [0.717, 1.165) is 44.3 Å². The summed E-state index contributed by atoms with van der Waals surface area (Å²) in [6.45, 7) is 8.17. The predicted octanol–water partition coefficient (Wildman–Crippen LogP) is 6.84. The van der Waals surface area contributed by atoms with Crippen molar-refractivity contribution >= 4 is 50.8 Å². The molecule has 304 valence electrons. The second kappa shape index (κ2) is 20.4. The molecule has 1 saturated heterocycles. The Kier molecular flexibility index (Phi) is 15.7. The summed E-state index contributed by atoms with van der Waals surface area (Å²) in [7, 11) is -3.77. The van der Waals surface area contributed by atoms with Gasteiger partial charge in [-0.3, -0.25) is 14.4 Å². The van der Waals surface area contributed by atoms with Crippen molar-refractivity contribution in [3.63, 3.8) is 0 Å². The molecule has 2 amide bonds. The van der Waals surface area contributed by atoms with Gasteiger partial charge in [0, 0.05) is 36.8 Å². The van der Waals surface area contributed by atoms with Crippen LogP contribution in [0.2, 0.25) is 0 Å². The number of unbranched alkanes of at least 4 members (excludes halogenated alkanes) is 2. The third kappa shape index (κ3) is 10.9. The lowest BCUT2D eigenvalue weighted by molar-refractivity contribution is -0.151. The summed E-state index contributed by atoms with van der Waals surface area (Å²) in [5.41, 5.74) is 1.64. The summed E-state index contributed by atoms with van der Waals surface area (Å²) < 4.78 is 40.3. The minimum atomic E-state index is -3.77. The molecule has 0 radical (unpaired) electrons. The number of rotatable bonds is 18. The lowest BCUT2D eigenvalue weighted by atomic mass is 9.81. The molecule has 0 aliphatic carbocycles. The molecule has 11 nitrogen and oxygen atoms in total. The number of nitrogens with one attached hydrogen (secondary N) is 3. The highest BCUT2D eigenvalue weighted by Gasteiger charge is 2.42. The molecule has 0 bridgehead atoms. The van der Waals surface area contributed by atoms with Crippen LogP contribution >= 0.6 is 11.8 Å². The lowest BCUT2D eigenvalue weighted by Crippen LogP contribution is -2.48. The van der Waals surface area contributed by atoms with Crippen LogP contribution in [0.4, 0.5) is 11.4 Å². The number of carbonyl (C=O) groups excluding carboxylic acids is 3. The van der Waals surface area contributed by atoms with E-state index in [1.807, 2.05) is 55.6 Å². The van der Waals surface area contributed by atoms with Crippen molar-refractivity contribution in [3.8, 4) is 5.75 Å². The molecule has 1 fully saturated rings. The number of hydrogen-bond acceptors (Lipinski definition) is 10. The quantitative estimate of drug-likeness (QED) is 0.0711. The normalized spacial score (nSPS) is 20.9. The molecule has 2 aliphatic heterocycles. The molecule has 3 aromatic carbocycles. The first-order valence-corrected chi connectivity index (χ1v) is 22.8. The van der Waals surface area contributed by atoms with Gasteiger partial charge in [0.15, 0.2) is 16.4 Å². The first kappa shape index (κ1) is 43.1. The Balaban J connectivity index is 1.35. The van der Waals surface area contributed by atoms with Crippen molar-refractivity contribution in [3.05, 3.63) is 78.4 Å². The van der Waals surface area contributed by atoms with Crippen molar-refractivity contribution < 1.29 is 32.3 Å². The molecule has 3 unspecified atom stereocenters. The molecule has 0 saturated carbocycles. The number of esters is 1. The van der Waals surface area contributed by atoms with Crippen molar-refractivity contribution in [2.75, 3.05) is 56.3 Å². The number of para-hydroxylation sites is 1. The monoisotopic (exact) mass is 806 g/mol. The Bertz CT molecular complexity index is 1880. The number of sulfone groups is 1. The van der Waals surface area contributed by atoms with E-state index in [-0.39, 0.29) is 40.7 Å². The summed E-state index contributed by atoms with van der Waals surface area (Å²) >= 11 is 1.41. The molecule has 3 aromatic rings. The van der Waals surface area contributed by atoms with Gasteiger partial charge in [-0.25, -0.2) is 8.42 Å². The van der Waals surface area contributed by atoms with Gasteiger partial charge in [0.25, 0.3) is 5.91 Å². The number of thioether (sulfide) groups is 1. The van der Waals surface area contributed by atoms with Crippen LogP contribution in [0.3, 0.4) is 0 Å². The van der Waals surface area contributed by atoms with Crippen LogP contribution in [-0.4, -0.2) is 77.6 Å². The van der Waals surface area contributed by atoms with E-state index < -0.39 is 39.7 Å². The summed E-state index contributed by atoms with van der Waals surface area (Å²) in [6.07, 6.45) is 7.70. The van der Waals surface area contributed by atoms with Crippen molar-refractivity contribution in [2.45, 2.75) is 81.5 Å². The smallest absolute Gasteiger partial charge is 0.310 e. The fourth-order valence-electron chi connectivity index (χ4n) is 7.62. The van der Waals surface area contributed by atoms with E-state index in [9.17, 15) is 22.8 Å². The SMILES string of the molecule is CCCCOC(=O)C1CNCCC1CNC(=O)[C@H](NC(=O)COc1cc2c(cc1SC)N(c1ccccc1)CC(CC)(CCCC)CS2(=O)=O)c1ccccc1. The number of benzene rings is 3. The lowest BCUT2D eigenvalue weighted by Gasteiger charge is -2.36.